The van der Waals surface area contributed by atoms with E-state index in [1.807, 2.05) is 24.3 Å². The lowest BCUT2D eigenvalue weighted by Gasteiger charge is -2.07. The van der Waals surface area contributed by atoms with Gasteiger partial charge >= 0.3 is 0 Å². The molecule has 94 valence electrons. The monoisotopic (exact) mass is 245 g/mol. The number of carbonyl (C=O) groups excluding carboxylic acids is 1. The molecule has 5 heteroatoms. The summed E-state index contributed by atoms with van der Waals surface area (Å²) in [4.78, 5) is 15.6. The molecule has 0 spiro atoms. The number of carbonyl (C=O) groups is 1. The molecule has 0 atom stereocenters. The Labute approximate surface area is 105 Å². The normalized spacial score (nSPS) is 10.1. The molecule has 1 aromatic carbocycles. The molecule has 1 amide bonds. The highest BCUT2D eigenvalue weighted by Gasteiger charge is 2.09. The lowest BCUT2D eigenvalue weighted by Crippen LogP contribution is -2.29. The zero-order chi connectivity index (χ0) is 13.0. The molecule has 18 heavy (non-hydrogen) atoms. The van der Waals surface area contributed by atoms with E-state index in [1.165, 1.54) is 11.8 Å². The Morgan fingerprint density at radius 3 is 2.61 bits per heavy atom. The molecular weight excluding hydrogens is 230 g/mol. The third-order valence-corrected chi connectivity index (χ3v) is 2.53. The maximum absolute atomic E-state index is 11.7. The van der Waals surface area contributed by atoms with E-state index >= 15 is 0 Å². The van der Waals surface area contributed by atoms with Crippen molar-refractivity contribution in [2.24, 2.45) is 0 Å². The highest BCUT2D eigenvalue weighted by molar-refractivity contribution is 5.92. The summed E-state index contributed by atoms with van der Waals surface area (Å²) in [5.74, 6) is 0.138. The van der Waals surface area contributed by atoms with Gasteiger partial charge in [-0.05, 0) is 24.1 Å². The number of nitrogens with zero attached hydrogens (tertiary/aromatic N) is 1. The molecule has 0 bridgehead atoms. The van der Waals surface area contributed by atoms with Crippen molar-refractivity contribution in [2.45, 2.75) is 20.3 Å². The number of amides is 1. The summed E-state index contributed by atoms with van der Waals surface area (Å²) in [5, 5.41) is 0. The van der Waals surface area contributed by atoms with Crippen LogP contribution in [0, 0.1) is 6.92 Å². The summed E-state index contributed by atoms with van der Waals surface area (Å²) in [6.07, 6.45) is 2.32. The highest BCUT2D eigenvalue weighted by Crippen LogP contribution is 2.09. The van der Waals surface area contributed by atoms with E-state index < -0.39 is 0 Å². The average molecular weight is 245 g/mol. The second kappa shape index (κ2) is 5.35. The molecule has 5 nitrogen and oxygen atoms in total. The van der Waals surface area contributed by atoms with Crippen molar-refractivity contribution >= 4 is 11.6 Å². The highest BCUT2D eigenvalue weighted by atomic mass is 16.3. The van der Waals surface area contributed by atoms with Crippen molar-refractivity contribution in [1.29, 1.82) is 0 Å². The Kier molecular flexibility index (Phi) is 3.62. The number of benzene rings is 1. The molecule has 2 N–H and O–H groups in total. The molecular formula is C13H15N3O2. The van der Waals surface area contributed by atoms with Gasteiger partial charge in [-0.25, -0.2) is 4.98 Å². The van der Waals surface area contributed by atoms with E-state index in [2.05, 4.69) is 22.8 Å². The molecule has 0 saturated heterocycles. The third kappa shape index (κ3) is 2.88. The zero-order valence-electron chi connectivity index (χ0n) is 10.4. The molecule has 2 aromatic rings. The number of aromatic nitrogens is 1. The predicted molar refractivity (Wildman–Crippen MR) is 68.1 cm³/mol. The quantitative estimate of drug-likeness (QED) is 0.811. The Morgan fingerprint density at radius 1 is 1.33 bits per heavy atom. The van der Waals surface area contributed by atoms with E-state index in [4.69, 9.17) is 4.42 Å². The zero-order valence-corrected chi connectivity index (χ0v) is 10.4. The van der Waals surface area contributed by atoms with Gasteiger partial charge in [0.1, 0.15) is 6.26 Å². The van der Waals surface area contributed by atoms with Crippen LogP contribution in [0.2, 0.25) is 0 Å². The van der Waals surface area contributed by atoms with Gasteiger partial charge < -0.3 is 4.42 Å². The predicted octanol–water partition coefficient (Wildman–Crippen LogP) is 2.30. The lowest BCUT2D eigenvalue weighted by molar-refractivity contribution is 0.0957. The van der Waals surface area contributed by atoms with E-state index in [9.17, 15) is 4.79 Å². The largest absolute Gasteiger partial charge is 0.448 e. The van der Waals surface area contributed by atoms with E-state index in [1.54, 1.807) is 6.92 Å². The third-order valence-electron chi connectivity index (χ3n) is 2.53. The molecule has 0 aliphatic rings. The summed E-state index contributed by atoms with van der Waals surface area (Å²) in [6.45, 7) is 3.78. The summed E-state index contributed by atoms with van der Waals surface area (Å²) in [5.41, 5.74) is 7.70. The SMILES string of the molecule is CCc1ccc(NNC(=O)c2coc(C)n2)cc1. The number of oxazole rings is 1. The fourth-order valence-electron chi connectivity index (χ4n) is 1.48. The Balaban J connectivity index is 1.92. The van der Waals surface area contributed by atoms with Crippen molar-refractivity contribution in [1.82, 2.24) is 10.4 Å². The number of hydrogen-bond acceptors (Lipinski definition) is 4. The van der Waals surface area contributed by atoms with Crippen molar-refractivity contribution < 1.29 is 9.21 Å². The maximum atomic E-state index is 11.7. The van der Waals surface area contributed by atoms with Gasteiger partial charge in [-0.3, -0.25) is 15.6 Å². The second-order valence-electron chi connectivity index (χ2n) is 3.88. The van der Waals surface area contributed by atoms with Crippen LogP contribution >= 0.6 is 0 Å². The summed E-state index contributed by atoms with van der Waals surface area (Å²) >= 11 is 0. The van der Waals surface area contributed by atoms with Crippen molar-refractivity contribution in [3.05, 3.63) is 47.7 Å². The number of nitrogens with one attached hydrogen (secondary N) is 2. The summed E-state index contributed by atoms with van der Waals surface area (Å²) in [7, 11) is 0. The van der Waals surface area contributed by atoms with Crippen LogP contribution in [0.25, 0.3) is 0 Å². The molecule has 1 heterocycles. The summed E-state index contributed by atoms with van der Waals surface area (Å²) in [6, 6.07) is 7.84. The Bertz CT molecular complexity index is 531. The molecule has 0 aliphatic heterocycles. The van der Waals surface area contributed by atoms with Gasteiger partial charge in [-0.15, -0.1) is 0 Å². The van der Waals surface area contributed by atoms with Gasteiger partial charge in [-0.1, -0.05) is 19.1 Å². The van der Waals surface area contributed by atoms with Crippen LogP contribution in [-0.4, -0.2) is 10.9 Å². The molecule has 1 aromatic heterocycles. The first-order chi connectivity index (χ1) is 8.69. The first-order valence-corrected chi connectivity index (χ1v) is 5.76. The Morgan fingerprint density at radius 2 is 2.06 bits per heavy atom. The van der Waals surface area contributed by atoms with Crippen LogP contribution in [0.15, 0.2) is 34.9 Å². The number of anilines is 1. The maximum Gasteiger partial charge on any atom is 0.291 e. The van der Waals surface area contributed by atoms with Gasteiger partial charge in [0.25, 0.3) is 5.91 Å². The molecule has 2 rings (SSSR count). The van der Waals surface area contributed by atoms with E-state index in [0.717, 1.165) is 12.1 Å². The number of aryl methyl sites for hydroxylation is 2. The number of rotatable bonds is 4. The van der Waals surface area contributed by atoms with Gasteiger partial charge in [0.15, 0.2) is 11.6 Å². The fraction of sp³-hybridized carbons (Fsp3) is 0.231. The van der Waals surface area contributed by atoms with Crippen LogP contribution < -0.4 is 10.9 Å². The number of hydrogen-bond donors (Lipinski definition) is 2. The minimum atomic E-state index is -0.327. The lowest BCUT2D eigenvalue weighted by atomic mass is 10.2. The molecule has 0 aliphatic carbocycles. The smallest absolute Gasteiger partial charge is 0.291 e. The van der Waals surface area contributed by atoms with Crippen LogP contribution in [0.3, 0.4) is 0 Å². The van der Waals surface area contributed by atoms with Crippen molar-refractivity contribution in [2.75, 3.05) is 5.43 Å². The standard InChI is InChI=1S/C13H15N3O2/c1-3-10-4-6-11(7-5-10)15-16-13(17)12-8-18-9(2)14-12/h4-8,15H,3H2,1-2H3,(H,16,17). The van der Waals surface area contributed by atoms with E-state index in [0.29, 0.717) is 5.89 Å². The van der Waals surface area contributed by atoms with Crippen LogP contribution in [-0.2, 0) is 6.42 Å². The summed E-state index contributed by atoms with van der Waals surface area (Å²) < 4.78 is 4.97. The van der Waals surface area contributed by atoms with Crippen molar-refractivity contribution in [3.63, 3.8) is 0 Å². The van der Waals surface area contributed by atoms with Crippen LogP contribution in [0.5, 0.6) is 0 Å². The van der Waals surface area contributed by atoms with Crippen LogP contribution in [0.1, 0.15) is 28.9 Å². The first kappa shape index (κ1) is 12.2. The Hall–Kier alpha value is -2.30. The second-order valence-corrected chi connectivity index (χ2v) is 3.88. The number of hydrazine groups is 1. The fourth-order valence-corrected chi connectivity index (χ4v) is 1.48. The average Bonchev–Trinajstić information content (AvgIpc) is 2.83. The van der Waals surface area contributed by atoms with Crippen molar-refractivity contribution in [3.8, 4) is 0 Å². The minimum Gasteiger partial charge on any atom is -0.448 e. The molecule has 0 saturated carbocycles. The van der Waals surface area contributed by atoms with Crippen LogP contribution in [0.4, 0.5) is 5.69 Å². The van der Waals surface area contributed by atoms with Gasteiger partial charge in [0.2, 0.25) is 0 Å². The molecule has 0 fully saturated rings. The van der Waals surface area contributed by atoms with E-state index in [-0.39, 0.29) is 11.6 Å². The molecule has 0 radical (unpaired) electrons. The minimum absolute atomic E-state index is 0.255. The first-order valence-electron chi connectivity index (χ1n) is 5.76. The molecule has 0 unspecified atom stereocenters. The van der Waals surface area contributed by atoms with Gasteiger partial charge in [-0.2, -0.15) is 0 Å². The topological polar surface area (TPSA) is 67.2 Å². The van der Waals surface area contributed by atoms with Gasteiger partial charge in [0.05, 0.1) is 5.69 Å². The van der Waals surface area contributed by atoms with Gasteiger partial charge in [0, 0.05) is 6.92 Å².